The second kappa shape index (κ2) is 12.1. The molecular weight excluding hydrogens is 639 g/mol. The Balaban J connectivity index is 1.35. The molecule has 0 aliphatic carbocycles. The zero-order valence-corrected chi connectivity index (χ0v) is 25.3. The van der Waals surface area contributed by atoms with Gasteiger partial charge >= 0.3 is 0 Å². The number of nitrogens with zero attached hydrogens (tertiary/aromatic N) is 2. The van der Waals surface area contributed by atoms with Gasteiger partial charge in [-0.15, -0.1) is 0 Å². The number of fused-ring (bicyclic) bond motifs is 1. The van der Waals surface area contributed by atoms with Gasteiger partial charge in [-0.3, -0.25) is 9.69 Å². The number of anilines is 1. The van der Waals surface area contributed by atoms with Crippen molar-refractivity contribution in [2.75, 3.05) is 4.90 Å². The molecule has 0 spiro atoms. The first-order chi connectivity index (χ1) is 19.9. The van der Waals surface area contributed by atoms with Gasteiger partial charge in [0.15, 0.2) is 5.17 Å². The number of amides is 1. The van der Waals surface area contributed by atoms with Gasteiger partial charge in [0.05, 0.1) is 16.3 Å². The largest absolute Gasteiger partial charge is 0.488 e. The van der Waals surface area contributed by atoms with Crippen LogP contribution >= 0.6 is 50.9 Å². The molecule has 1 amide bonds. The van der Waals surface area contributed by atoms with E-state index in [0.29, 0.717) is 43.8 Å². The molecule has 0 unspecified atom stereocenters. The predicted molar refractivity (Wildman–Crippen MR) is 175 cm³/mol. The van der Waals surface area contributed by atoms with Crippen molar-refractivity contribution < 1.29 is 9.53 Å². The van der Waals surface area contributed by atoms with E-state index in [-0.39, 0.29) is 5.91 Å². The first kappa shape index (κ1) is 27.6. The number of hydrogen-bond donors (Lipinski definition) is 0. The van der Waals surface area contributed by atoms with E-state index < -0.39 is 0 Å². The number of amidine groups is 1. The van der Waals surface area contributed by atoms with E-state index in [1.807, 2.05) is 54.6 Å². The maximum absolute atomic E-state index is 13.8. The van der Waals surface area contributed by atoms with Gasteiger partial charge in [-0.2, -0.15) is 0 Å². The van der Waals surface area contributed by atoms with Gasteiger partial charge in [-0.05, 0) is 101 Å². The fourth-order valence-electron chi connectivity index (χ4n) is 4.47. The topological polar surface area (TPSA) is 41.9 Å². The number of carbonyl (C=O) groups excluding carboxylic acids is 1. The van der Waals surface area contributed by atoms with Gasteiger partial charge < -0.3 is 4.74 Å². The minimum Gasteiger partial charge on any atom is -0.488 e. The molecule has 8 heteroatoms. The molecule has 6 rings (SSSR count). The summed E-state index contributed by atoms with van der Waals surface area (Å²) in [6, 6.07) is 34.5. The van der Waals surface area contributed by atoms with Crippen LogP contribution in [0, 0.1) is 0 Å². The van der Waals surface area contributed by atoms with Crippen LogP contribution in [0.25, 0.3) is 16.8 Å². The summed E-state index contributed by atoms with van der Waals surface area (Å²) in [5.41, 5.74) is 3.22. The summed E-state index contributed by atoms with van der Waals surface area (Å²) < 4.78 is 7.21. The summed E-state index contributed by atoms with van der Waals surface area (Å²) in [5.74, 6) is 0.480. The van der Waals surface area contributed by atoms with Gasteiger partial charge in [-0.25, -0.2) is 4.99 Å². The highest BCUT2D eigenvalue weighted by Gasteiger charge is 2.35. The number of carbonyl (C=O) groups is 1. The number of rotatable bonds is 6. The molecular formula is C33H21BrCl2N2O2S. The van der Waals surface area contributed by atoms with Crippen LogP contribution in [0.2, 0.25) is 10.0 Å². The summed E-state index contributed by atoms with van der Waals surface area (Å²) in [7, 11) is 0. The van der Waals surface area contributed by atoms with Crippen molar-refractivity contribution in [2.45, 2.75) is 6.61 Å². The molecule has 4 nitrogen and oxygen atoms in total. The first-order valence-electron chi connectivity index (χ1n) is 12.7. The average Bonchev–Trinajstić information content (AvgIpc) is 3.28. The molecule has 41 heavy (non-hydrogen) atoms. The lowest BCUT2D eigenvalue weighted by atomic mass is 10.1. The third-order valence-electron chi connectivity index (χ3n) is 6.46. The summed E-state index contributed by atoms with van der Waals surface area (Å²) in [6.07, 6.45) is 1.85. The van der Waals surface area contributed by atoms with Crippen LogP contribution in [0.1, 0.15) is 11.1 Å². The quantitative estimate of drug-likeness (QED) is 0.170. The summed E-state index contributed by atoms with van der Waals surface area (Å²) >= 11 is 17.1. The maximum atomic E-state index is 13.8. The molecule has 0 atom stereocenters. The van der Waals surface area contributed by atoms with Crippen molar-refractivity contribution in [1.82, 2.24) is 0 Å². The maximum Gasteiger partial charge on any atom is 0.271 e. The number of benzene rings is 5. The third kappa shape index (κ3) is 6.21. The van der Waals surface area contributed by atoms with E-state index in [9.17, 15) is 4.79 Å². The Bertz CT molecular complexity index is 1820. The fraction of sp³-hybridized carbons (Fsp3) is 0.0303. The predicted octanol–water partition coefficient (Wildman–Crippen LogP) is 10.3. The normalized spacial score (nSPS) is 15.3. The van der Waals surface area contributed by atoms with Gasteiger partial charge in [-0.1, -0.05) is 81.6 Å². The lowest BCUT2D eigenvalue weighted by Crippen LogP contribution is -2.28. The zero-order valence-electron chi connectivity index (χ0n) is 21.4. The van der Waals surface area contributed by atoms with Crippen molar-refractivity contribution in [3.63, 3.8) is 0 Å². The highest BCUT2D eigenvalue weighted by molar-refractivity contribution is 9.10. The van der Waals surface area contributed by atoms with Crippen LogP contribution in [-0.2, 0) is 11.4 Å². The average molecular weight is 660 g/mol. The Morgan fingerprint density at radius 3 is 2.34 bits per heavy atom. The van der Waals surface area contributed by atoms with Gasteiger partial charge in [0.2, 0.25) is 0 Å². The van der Waals surface area contributed by atoms with E-state index >= 15 is 0 Å². The van der Waals surface area contributed by atoms with Crippen LogP contribution in [0.4, 0.5) is 11.4 Å². The highest BCUT2D eigenvalue weighted by Crippen LogP contribution is 2.39. The summed E-state index contributed by atoms with van der Waals surface area (Å²) in [4.78, 5) is 20.7. The zero-order chi connectivity index (χ0) is 28.3. The standard InChI is InChI=1S/C33H21BrCl2N2O2S/c34-24-8-17-30(40-20-22-6-3-5-21-4-1-2-7-29(21)22)23(18-24)19-31-32(39)38(28-15-11-26(36)12-16-28)33(41-31)37-27-13-9-25(35)10-14-27/h1-19H,20H2/b31-19-,37-33?. The Hall–Kier alpha value is -3.55. The van der Waals surface area contributed by atoms with Gasteiger partial charge in [0.1, 0.15) is 12.4 Å². The minimum atomic E-state index is -0.190. The van der Waals surface area contributed by atoms with Crippen molar-refractivity contribution in [3.8, 4) is 5.75 Å². The number of ether oxygens (including phenoxy) is 1. The lowest BCUT2D eigenvalue weighted by molar-refractivity contribution is -0.113. The van der Waals surface area contributed by atoms with Crippen molar-refractivity contribution in [1.29, 1.82) is 0 Å². The van der Waals surface area contributed by atoms with Crippen LogP contribution < -0.4 is 9.64 Å². The molecule has 0 N–H and O–H groups in total. The SMILES string of the molecule is O=C1/C(=C/c2cc(Br)ccc2OCc2cccc3ccccc23)SC(=Nc2ccc(Cl)cc2)N1c1ccc(Cl)cc1. The fourth-order valence-corrected chi connectivity index (χ4v) is 6.09. The molecule has 1 aliphatic rings. The number of aliphatic imine (C=N–C) groups is 1. The molecule has 0 saturated carbocycles. The van der Waals surface area contributed by atoms with Crippen LogP contribution in [-0.4, -0.2) is 11.1 Å². The van der Waals surface area contributed by atoms with E-state index in [2.05, 4.69) is 40.2 Å². The summed E-state index contributed by atoms with van der Waals surface area (Å²) in [6.45, 7) is 0.389. The van der Waals surface area contributed by atoms with Crippen LogP contribution in [0.3, 0.4) is 0 Å². The van der Waals surface area contributed by atoms with Gasteiger partial charge in [0.25, 0.3) is 5.91 Å². The molecule has 1 fully saturated rings. The monoisotopic (exact) mass is 658 g/mol. The number of thioether (sulfide) groups is 1. The molecule has 1 heterocycles. The molecule has 0 bridgehead atoms. The molecule has 202 valence electrons. The third-order valence-corrected chi connectivity index (χ3v) is 8.43. The second-order valence-corrected chi connectivity index (χ2v) is 12.0. The molecule has 5 aromatic carbocycles. The number of halogens is 3. The second-order valence-electron chi connectivity index (χ2n) is 9.21. The summed E-state index contributed by atoms with van der Waals surface area (Å²) in [5, 5.41) is 4.04. The van der Waals surface area contributed by atoms with Crippen molar-refractivity contribution in [3.05, 3.63) is 140 Å². The van der Waals surface area contributed by atoms with Crippen LogP contribution in [0.15, 0.2) is 124 Å². The van der Waals surface area contributed by atoms with E-state index in [1.165, 1.54) is 11.8 Å². The lowest BCUT2D eigenvalue weighted by Gasteiger charge is -2.15. The smallest absolute Gasteiger partial charge is 0.271 e. The van der Waals surface area contributed by atoms with E-state index in [1.54, 1.807) is 41.3 Å². The molecule has 0 radical (unpaired) electrons. The molecule has 1 saturated heterocycles. The molecule has 1 aliphatic heterocycles. The first-order valence-corrected chi connectivity index (χ1v) is 15.0. The Kier molecular flexibility index (Phi) is 8.17. The van der Waals surface area contributed by atoms with Crippen molar-refractivity contribution >= 4 is 90.2 Å². The minimum absolute atomic E-state index is 0.190. The Morgan fingerprint density at radius 2 is 1.56 bits per heavy atom. The van der Waals surface area contributed by atoms with E-state index in [0.717, 1.165) is 26.4 Å². The van der Waals surface area contributed by atoms with Gasteiger partial charge in [0, 0.05) is 20.1 Å². The molecule has 0 aromatic heterocycles. The van der Waals surface area contributed by atoms with Crippen LogP contribution in [0.5, 0.6) is 5.75 Å². The van der Waals surface area contributed by atoms with E-state index in [4.69, 9.17) is 32.9 Å². The Labute approximate surface area is 260 Å². The molecule has 5 aromatic rings. The Morgan fingerprint density at radius 1 is 0.854 bits per heavy atom. The van der Waals surface area contributed by atoms with Crippen molar-refractivity contribution in [2.24, 2.45) is 4.99 Å². The number of hydrogen-bond acceptors (Lipinski definition) is 4. The highest BCUT2D eigenvalue weighted by atomic mass is 79.9.